The van der Waals surface area contributed by atoms with Gasteiger partial charge in [-0.1, -0.05) is 12.1 Å². The Labute approximate surface area is 114 Å². The Kier molecular flexibility index (Phi) is 2.98. The van der Waals surface area contributed by atoms with Gasteiger partial charge in [-0.25, -0.2) is 4.90 Å². The van der Waals surface area contributed by atoms with E-state index >= 15 is 0 Å². The summed E-state index contributed by atoms with van der Waals surface area (Å²) in [6, 6.07) is 7.43. The lowest BCUT2D eigenvalue weighted by molar-refractivity contribution is -0.127. The van der Waals surface area contributed by atoms with Gasteiger partial charge < -0.3 is 0 Å². The van der Waals surface area contributed by atoms with Gasteiger partial charge in [0.15, 0.2) is 0 Å². The SMILES string of the molecule is O=C(C1CC1)N(C(=O)C1CC1)c1ccccc1Br. The van der Waals surface area contributed by atoms with E-state index in [0.29, 0.717) is 5.69 Å². The zero-order valence-electron chi connectivity index (χ0n) is 9.93. The molecule has 2 aliphatic carbocycles. The first-order valence-electron chi connectivity index (χ1n) is 6.31. The molecule has 0 heterocycles. The van der Waals surface area contributed by atoms with E-state index in [-0.39, 0.29) is 23.7 Å². The fourth-order valence-electron chi connectivity index (χ4n) is 2.00. The lowest BCUT2D eigenvalue weighted by atomic mass is 10.2. The van der Waals surface area contributed by atoms with E-state index in [9.17, 15) is 9.59 Å². The Balaban J connectivity index is 1.95. The van der Waals surface area contributed by atoms with Gasteiger partial charge in [-0.05, 0) is 53.7 Å². The van der Waals surface area contributed by atoms with E-state index in [0.717, 1.165) is 30.2 Å². The summed E-state index contributed by atoms with van der Waals surface area (Å²) in [4.78, 5) is 26.0. The second-order valence-corrected chi connectivity index (χ2v) is 5.87. The van der Waals surface area contributed by atoms with Crippen molar-refractivity contribution in [3.63, 3.8) is 0 Å². The highest BCUT2D eigenvalue weighted by Gasteiger charge is 2.42. The zero-order chi connectivity index (χ0) is 12.7. The van der Waals surface area contributed by atoms with Crippen molar-refractivity contribution in [1.82, 2.24) is 0 Å². The molecule has 3 rings (SSSR count). The van der Waals surface area contributed by atoms with Crippen molar-refractivity contribution in [2.75, 3.05) is 4.90 Å². The van der Waals surface area contributed by atoms with Gasteiger partial charge in [0.1, 0.15) is 0 Å². The molecule has 2 amide bonds. The van der Waals surface area contributed by atoms with E-state index in [1.165, 1.54) is 4.90 Å². The standard InChI is InChI=1S/C14H14BrNO2/c15-11-3-1-2-4-12(11)16(13(17)9-5-6-9)14(18)10-7-8-10/h1-4,9-10H,5-8H2. The minimum Gasteiger partial charge on any atom is -0.274 e. The van der Waals surface area contributed by atoms with Crippen LogP contribution in [0, 0.1) is 11.8 Å². The highest BCUT2D eigenvalue weighted by atomic mass is 79.9. The molecule has 2 saturated carbocycles. The first-order valence-corrected chi connectivity index (χ1v) is 7.10. The third kappa shape index (κ3) is 2.21. The molecule has 1 aromatic rings. The lowest BCUT2D eigenvalue weighted by Crippen LogP contribution is -2.39. The van der Waals surface area contributed by atoms with E-state index < -0.39 is 0 Å². The average molecular weight is 308 g/mol. The summed E-state index contributed by atoms with van der Waals surface area (Å²) in [6.07, 6.45) is 3.66. The molecule has 0 unspecified atom stereocenters. The number of hydrogen-bond acceptors (Lipinski definition) is 2. The molecular formula is C14H14BrNO2. The van der Waals surface area contributed by atoms with E-state index in [4.69, 9.17) is 0 Å². The van der Waals surface area contributed by atoms with Crippen LogP contribution in [0.2, 0.25) is 0 Å². The fraction of sp³-hybridized carbons (Fsp3) is 0.429. The van der Waals surface area contributed by atoms with Crippen molar-refractivity contribution in [1.29, 1.82) is 0 Å². The van der Waals surface area contributed by atoms with Gasteiger partial charge in [-0.3, -0.25) is 9.59 Å². The van der Waals surface area contributed by atoms with Crippen molar-refractivity contribution >= 4 is 33.4 Å². The second kappa shape index (κ2) is 4.50. The molecule has 0 N–H and O–H groups in total. The van der Waals surface area contributed by atoms with Crippen molar-refractivity contribution in [2.24, 2.45) is 11.8 Å². The van der Waals surface area contributed by atoms with Crippen LogP contribution in [0.1, 0.15) is 25.7 Å². The second-order valence-electron chi connectivity index (χ2n) is 5.01. The smallest absolute Gasteiger partial charge is 0.236 e. The number of carbonyl (C=O) groups is 2. The molecular weight excluding hydrogens is 294 g/mol. The predicted octanol–water partition coefficient (Wildman–Crippen LogP) is 3.13. The summed E-state index contributed by atoms with van der Waals surface area (Å²) < 4.78 is 0.799. The number of rotatable bonds is 3. The van der Waals surface area contributed by atoms with Crippen LogP contribution < -0.4 is 4.90 Å². The molecule has 1 aromatic carbocycles. The summed E-state index contributed by atoms with van der Waals surface area (Å²) in [6.45, 7) is 0. The highest BCUT2D eigenvalue weighted by Crippen LogP contribution is 2.39. The minimum atomic E-state index is -0.0289. The largest absolute Gasteiger partial charge is 0.274 e. The number of amides is 2. The third-order valence-corrected chi connectivity index (χ3v) is 4.06. The zero-order valence-corrected chi connectivity index (χ0v) is 11.5. The van der Waals surface area contributed by atoms with Crippen LogP contribution in [-0.2, 0) is 9.59 Å². The normalized spacial score (nSPS) is 18.5. The minimum absolute atomic E-state index is 0.0289. The lowest BCUT2D eigenvalue weighted by Gasteiger charge is -2.22. The Bertz CT molecular complexity index is 482. The number of nitrogens with zero attached hydrogens (tertiary/aromatic N) is 1. The van der Waals surface area contributed by atoms with Crippen LogP contribution in [-0.4, -0.2) is 11.8 Å². The molecule has 2 fully saturated rings. The summed E-state index contributed by atoms with van der Waals surface area (Å²) in [5.41, 5.74) is 0.686. The van der Waals surface area contributed by atoms with Crippen LogP contribution in [0.3, 0.4) is 0 Å². The molecule has 0 bridgehead atoms. The third-order valence-electron chi connectivity index (χ3n) is 3.39. The van der Waals surface area contributed by atoms with Crippen molar-refractivity contribution in [2.45, 2.75) is 25.7 Å². The van der Waals surface area contributed by atoms with E-state index in [2.05, 4.69) is 15.9 Å². The Morgan fingerprint density at radius 3 is 1.94 bits per heavy atom. The predicted molar refractivity (Wildman–Crippen MR) is 72.1 cm³/mol. The Hall–Kier alpha value is -1.16. The summed E-state index contributed by atoms with van der Waals surface area (Å²) in [7, 11) is 0. The molecule has 4 heteroatoms. The maximum absolute atomic E-state index is 12.3. The molecule has 94 valence electrons. The number of imide groups is 1. The van der Waals surface area contributed by atoms with Crippen molar-refractivity contribution in [3.05, 3.63) is 28.7 Å². The maximum Gasteiger partial charge on any atom is 0.236 e. The van der Waals surface area contributed by atoms with Gasteiger partial charge in [0.2, 0.25) is 11.8 Å². The van der Waals surface area contributed by atoms with Gasteiger partial charge in [0, 0.05) is 16.3 Å². The number of halogens is 1. The van der Waals surface area contributed by atoms with Crippen LogP contribution in [0.4, 0.5) is 5.69 Å². The van der Waals surface area contributed by atoms with Gasteiger partial charge in [-0.15, -0.1) is 0 Å². The molecule has 0 aromatic heterocycles. The molecule has 0 aliphatic heterocycles. The summed E-state index contributed by atoms with van der Waals surface area (Å²) >= 11 is 3.43. The number of para-hydroxylation sites is 1. The van der Waals surface area contributed by atoms with Crippen LogP contribution >= 0.6 is 15.9 Å². The van der Waals surface area contributed by atoms with Crippen LogP contribution in [0.15, 0.2) is 28.7 Å². The molecule has 0 spiro atoms. The van der Waals surface area contributed by atoms with Gasteiger partial charge >= 0.3 is 0 Å². The van der Waals surface area contributed by atoms with Crippen molar-refractivity contribution in [3.8, 4) is 0 Å². The molecule has 0 atom stereocenters. The number of benzene rings is 1. The number of anilines is 1. The summed E-state index contributed by atoms with van der Waals surface area (Å²) in [5.74, 6) is 0.0530. The topological polar surface area (TPSA) is 37.4 Å². The first-order chi connectivity index (χ1) is 8.68. The Morgan fingerprint density at radius 2 is 1.50 bits per heavy atom. The van der Waals surface area contributed by atoms with Gasteiger partial charge in [-0.2, -0.15) is 0 Å². The number of carbonyl (C=O) groups excluding carboxylic acids is 2. The molecule has 3 nitrogen and oxygen atoms in total. The first kappa shape index (κ1) is 11.9. The number of hydrogen-bond donors (Lipinski definition) is 0. The van der Waals surface area contributed by atoms with Crippen molar-refractivity contribution < 1.29 is 9.59 Å². The molecule has 0 radical (unpaired) electrons. The summed E-state index contributed by atoms with van der Waals surface area (Å²) in [5, 5.41) is 0. The van der Waals surface area contributed by atoms with Crippen LogP contribution in [0.5, 0.6) is 0 Å². The molecule has 0 saturated heterocycles. The molecule has 18 heavy (non-hydrogen) atoms. The monoisotopic (exact) mass is 307 g/mol. The van der Waals surface area contributed by atoms with Crippen LogP contribution in [0.25, 0.3) is 0 Å². The van der Waals surface area contributed by atoms with Gasteiger partial charge in [0.05, 0.1) is 5.69 Å². The quantitative estimate of drug-likeness (QED) is 0.805. The van der Waals surface area contributed by atoms with Gasteiger partial charge in [0.25, 0.3) is 0 Å². The highest BCUT2D eigenvalue weighted by molar-refractivity contribution is 9.10. The average Bonchev–Trinajstić information content (AvgIpc) is 3.23. The fourth-order valence-corrected chi connectivity index (χ4v) is 2.47. The maximum atomic E-state index is 12.3. The molecule has 2 aliphatic rings. The Morgan fingerprint density at radius 1 is 1.00 bits per heavy atom. The van der Waals surface area contributed by atoms with E-state index in [1.54, 1.807) is 0 Å². The van der Waals surface area contributed by atoms with E-state index in [1.807, 2.05) is 24.3 Å².